The van der Waals surface area contributed by atoms with E-state index in [4.69, 9.17) is 0 Å². The molecule has 33 heavy (non-hydrogen) atoms. The Morgan fingerprint density at radius 3 is 2.39 bits per heavy atom. The van der Waals surface area contributed by atoms with Gasteiger partial charge in [0.05, 0.1) is 35.0 Å². The molecule has 4 rings (SSSR count). The highest BCUT2D eigenvalue weighted by molar-refractivity contribution is 7.88. The van der Waals surface area contributed by atoms with Gasteiger partial charge in [-0.25, -0.2) is 13.1 Å². The minimum Gasteiger partial charge on any atom is -0.338 e. The predicted octanol–water partition coefficient (Wildman–Crippen LogP) is 3.65. The van der Waals surface area contributed by atoms with Gasteiger partial charge in [-0.05, 0) is 43.9 Å². The smallest absolute Gasteiger partial charge is 0.338 e. The summed E-state index contributed by atoms with van der Waals surface area (Å²) in [5.74, 6) is -0.129. The van der Waals surface area contributed by atoms with Crippen molar-refractivity contribution in [1.29, 1.82) is 0 Å². The van der Waals surface area contributed by atoms with Gasteiger partial charge >= 0.3 is 6.18 Å². The number of likely N-dealkylation sites (tertiary alicyclic amines) is 1. The van der Waals surface area contributed by atoms with Crippen molar-refractivity contribution in [3.05, 3.63) is 47.3 Å². The molecule has 0 atom stereocenters. The summed E-state index contributed by atoms with van der Waals surface area (Å²) < 4.78 is 66.5. The first-order valence-corrected chi connectivity index (χ1v) is 12.9. The van der Waals surface area contributed by atoms with E-state index in [9.17, 15) is 26.4 Å². The molecule has 2 aliphatic rings. The number of piperidine rings is 1. The second kappa shape index (κ2) is 8.75. The normalized spacial score (nSPS) is 18.2. The summed E-state index contributed by atoms with van der Waals surface area (Å²) in [6.07, 6.45) is 0.944. The largest absolute Gasteiger partial charge is 0.416 e. The molecule has 0 unspecified atom stereocenters. The molecule has 0 spiro atoms. The van der Waals surface area contributed by atoms with E-state index in [1.54, 1.807) is 17.9 Å². The molecule has 0 radical (unpaired) electrons. The number of halogens is 3. The topological polar surface area (TPSA) is 75.5 Å². The number of rotatable bonds is 6. The summed E-state index contributed by atoms with van der Waals surface area (Å²) in [4.78, 5) is 15.0. The Balaban J connectivity index is 1.56. The Kier molecular flexibility index (Phi) is 6.30. The number of benzene rings is 1. The van der Waals surface area contributed by atoms with Gasteiger partial charge in [-0.1, -0.05) is 13.0 Å². The highest BCUT2D eigenvalue weighted by Gasteiger charge is 2.37. The van der Waals surface area contributed by atoms with Gasteiger partial charge in [0, 0.05) is 31.6 Å². The molecule has 1 saturated heterocycles. The van der Waals surface area contributed by atoms with Crippen LogP contribution in [0.25, 0.3) is 5.69 Å². The van der Waals surface area contributed by atoms with E-state index >= 15 is 0 Å². The van der Waals surface area contributed by atoms with E-state index in [2.05, 4.69) is 5.10 Å². The number of sulfonamides is 1. The van der Waals surface area contributed by atoms with Crippen LogP contribution < -0.4 is 0 Å². The summed E-state index contributed by atoms with van der Waals surface area (Å²) in [6.45, 7) is 3.00. The number of carbonyl (C=O) groups excluding carboxylic acids is 1. The zero-order chi connectivity index (χ0) is 24.0. The zero-order valence-corrected chi connectivity index (χ0v) is 19.4. The third-order valence-corrected chi connectivity index (χ3v) is 7.72. The second-order valence-electron chi connectivity index (χ2n) is 8.67. The van der Waals surface area contributed by atoms with Crippen LogP contribution in [0.3, 0.4) is 0 Å². The number of hydrogen-bond donors (Lipinski definition) is 0. The standard InChI is InChI=1S/C22H27F3N4O3S/c1-3-28(33(2,31)32)17-9-11-27(12-10-17)21(30)19-14-26-29(20(19)15-7-8-15)18-6-4-5-16(13-18)22(23,24)25/h4-6,13-15,17H,3,7-12H2,1-2H3. The van der Waals surface area contributed by atoms with Gasteiger partial charge in [0.2, 0.25) is 10.0 Å². The van der Waals surface area contributed by atoms with Gasteiger partial charge in [-0.2, -0.15) is 22.6 Å². The maximum absolute atomic E-state index is 13.3. The van der Waals surface area contributed by atoms with Crippen LogP contribution in [0, 0.1) is 0 Å². The number of amides is 1. The lowest BCUT2D eigenvalue weighted by Crippen LogP contribution is -2.48. The number of aromatic nitrogens is 2. The second-order valence-corrected chi connectivity index (χ2v) is 10.6. The Labute approximate surface area is 191 Å². The van der Waals surface area contributed by atoms with Crippen LogP contribution in [0.1, 0.15) is 60.1 Å². The summed E-state index contributed by atoms with van der Waals surface area (Å²) in [6, 6.07) is 4.80. The maximum atomic E-state index is 13.3. The Hall–Kier alpha value is -2.40. The molecule has 0 bridgehead atoms. The van der Waals surface area contributed by atoms with Crippen molar-refractivity contribution >= 4 is 15.9 Å². The van der Waals surface area contributed by atoms with Gasteiger partial charge in [-0.15, -0.1) is 0 Å². The molecule has 7 nitrogen and oxygen atoms in total. The molecule has 2 aromatic rings. The fourth-order valence-corrected chi connectivity index (χ4v) is 5.80. The monoisotopic (exact) mass is 484 g/mol. The van der Waals surface area contributed by atoms with Crippen molar-refractivity contribution in [3.63, 3.8) is 0 Å². The van der Waals surface area contributed by atoms with Crippen LogP contribution in [0.5, 0.6) is 0 Å². The van der Waals surface area contributed by atoms with E-state index in [1.165, 1.54) is 27.5 Å². The van der Waals surface area contributed by atoms with E-state index in [0.29, 0.717) is 43.7 Å². The van der Waals surface area contributed by atoms with Crippen molar-refractivity contribution < 1.29 is 26.4 Å². The first-order chi connectivity index (χ1) is 15.5. The average Bonchev–Trinajstić information content (AvgIpc) is 3.50. The van der Waals surface area contributed by atoms with Crippen LogP contribution in [0.4, 0.5) is 13.2 Å². The van der Waals surface area contributed by atoms with Crippen LogP contribution in [-0.2, 0) is 16.2 Å². The van der Waals surface area contributed by atoms with Crippen LogP contribution in [0.15, 0.2) is 30.5 Å². The summed E-state index contributed by atoms with van der Waals surface area (Å²) in [5, 5.41) is 4.29. The molecule has 2 heterocycles. The quantitative estimate of drug-likeness (QED) is 0.627. The predicted molar refractivity (Wildman–Crippen MR) is 117 cm³/mol. The molecule has 1 aromatic heterocycles. The molecule has 0 N–H and O–H groups in total. The van der Waals surface area contributed by atoms with E-state index in [-0.39, 0.29) is 23.6 Å². The molecule has 1 aromatic carbocycles. The molecular formula is C22H27F3N4O3S. The fraction of sp³-hybridized carbons (Fsp3) is 0.545. The molecule has 1 aliphatic heterocycles. The van der Waals surface area contributed by atoms with Crippen molar-refractivity contribution in [3.8, 4) is 5.69 Å². The highest BCUT2D eigenvalue weighted by Crippen LogP contribution is 2.43. The van der Waals surface area contributed by atoms with E-state index in [1.807, 2.05) is 0 Å². The first kappa shape index (κ1) is 23.7. The van der Waals surface area contributed by atoms with Crippen molar-refractivity contribution in [2.75, 3.05) is 25.9 Å². The maximum Gasteiger partial charge on any atom is 0.416 e. The molecule has 1 saturated carbocycles. The van der Waals surface area contributed by atoms with Gasteiger partial charge in [-0.3, -0.25) is 4.79 Å². The summed E-state index contributed by atoms with van der Waals surface area (Å²) in [7, 11) is -3.32. The van der Waals surface area contributed by atoms with Gasteiger partial charge in [0.15, 0.2) is 0 Å². The van der Waals surface area contributed by atoms with Crippen molar-refractivity contribution in [1.82, 2.24) is 19.0 Å². The van der Waals surface area contributed by atoms with Crippen LogP contribution in [0.2, 0.25) is 0 Å². The summed E-state index contributed by atoms with van der Waals surface area (Å²) in [5.41, 5.74) is 0.561. The number of nitrogens with zero attached hydrogens (tertiary/aromatic N) is 4. The van der Waals surface area contributed by atoms with Crippen molar-refractivity contribution in [2.45, 2.75) is 50.7 Å². The Morgan fingerprint density at radius 1 is 1.18 bits per heavy atom. The Bertz CT molecular complexity index is 1130. The number of alkyl halides is 3. The molecular weight excluding hydrogens is 457 g/mol. The minimum atomic E-state index is -4.47. The molecule has 2 fully saturated rings. The lowest BCUT2D eigenvalue weighted by atomic mass is 10.0. The van der Waals surface area contributed by atoms with Crippen molar-refractivity contribution in [2.24, 2.45) is 0 Å². The zero-order valence-electron chi connectivity index (χ0n) is 18.5. The average molecular weight is 485 g/mol. The fourth-order valence-electron chi connectivity index (χ4n) is 4.58. The highest BCUT2D eigenvalue weighted by atomic mass is 32.2. The van der Waals surface area contributed by atoms with Gasteiger partial charge in [0.25, 0.3) is 5.91 Å². The minimum absolute atomic E-state index is 0.0827. The molecule has 180 valence electrons. The summed E-state index contributed by atoms with van der Waals surface area (Å²) >= 11 is 0. The molecule has 11 heteroatoms. The van der Waals surface area contributed by atoms with Gasteiger partial charge < -0.3 is 4.90 Å². The molecule has 1 aliphatic carbocycles. The van der Waals surface area contributed by atoms with Gasteiger partial charge in [0.1, 0.15) is 0 Å². The number of carbonyl (C=O) groups is 1. The Morgan fingerprint density at radius 2 is 1.85 bits per heavy atom. The molecule has 1 amide bonds. The third-order valence-electron chi connectivity index (χ3n) is 6.32. The van der Waals surface area contributed by atoms with E-state index < -0.39 is 21.8 Å². The SMILES string of the molecule is CCN(C1CCN(C(=O)c2cnn(-c3cccc(C(F)(F)F)c3)c2C2CC2)CC1)S(C)(=O)=O. The van der Waals surface area contributed by atoms with Crippen LogP contribution in [-0.4, -0.2) is 65.2 Å². The lowest BCUT2D eigenvalue weighted by molar-refractivity contribution is -0.137. The lowest BCUT2D eigenvalue weighted by Gasteiger charge is -2.36. The first-order valence-electron chi connectivity index (χ1n) is 11.0. The van der Waals surface area contributed by atoms with E-state index in [0.717, 1.165) is 25.0 Å². The van der Waals surface area contributed by atoms with Crippen LogP contribution >= 0.6 is 0 Å². The third kappa shape index (κ3) is 4.93. The number of hydrogen-bond acceptors (Lipinski definition) is 4.